The summed E-state index contributed by atoms with van der Waals surface area (Å²) in [5.41, 5.74) is 1.46. The van der Waals surface area contributed by atoms with Crippen LogP contribution in [0.5, 0.6) is 0 Å². The van der Waals surface area contributed by atoms with Crippen molar-refractivity contribution in [2.24, 2.45) is 10.8 Å². The largest absolute Gasteiger partial charge is 0.367 e. The molecule has 1 amide bonds. The molecule has 36 heavy (non-hydrogen) atoms. The predicted molar refractivity (Wildman–Crippen MR) is 141 cm³/mol. The average molecular weight is 495 g/mol. The van der Waals surface area contributed by atoms with Crippen molar-refractivity contribution in [3.8, 4) is 0 Å². The molecule has 3 heterocycles. The third kappa shape index (κ3) is 4.04. The van der Waals surface area contributed by atoms with Crippen LogP contribution in [0, 0.1) is 16.6 Å². The predicted octanol–water partition coefficient (Wildman–Crippen LogP) is 4.66. The van der Waals surface area contributed by atoms with Crippen LogP contribution in [0.15, 0.2) is 23.1 Å². The number of rotatable bonds is 4. The van der Waals surface area contributed by atoms with Crippen LogP contribution in [-0.4, -0.2) is 65.6 Å². The summed E-state index contributed by atoms with van der Waals surface area (Å²) < 4.78 is 17.5. The molecule has 0 N–H and O–H groups in total. The molecule has 2 bridgehead atoms. The van der Waals surface area contributed by atoms with Crippen LogP contribution < -0.4 is 10.3 Å². The van der Waals surface area contributed by atoms with E-state index in [-0.39, 0.29) is 45.6 Å². The zero-order valence-electron chi connectivity index (χ0n) is 22.1. The second-order valence-electron chi connectivity index (χ2n) is 12.9. The van der Waals surface area contributed by atoms with Crippen LogP contribution in [0.2, 0.25) is 0 Å². The quantitative estimate of drug-likeness (QED) is 0.621. The van der Waals surface area contributed by atoms with E-state index >= 15 is 4.39 Å². The van der Waals surface area contributed by atoms with Gasteiger partial charge in [0.2, 0.25) is 5.43 Å². The van der Waals surface area contributed by atoms with Crippen molar-refractivity contribution in [2.75, 3.05) is 44.2 Å². The number of nitrogens with zero attached hydrogens (tertiary/aromatic N) is 4. The molecular weight excluding hydrogens is 455 g/mol. The van der Waals surface area contributed by atoms with Crippen molar-refractivity contribution in [3.05, 3.63) is 39.9 Å². The molecule has 2 saturated carbocycles. The summed E-state index contributed by atoms with van der Waals surface area (Å²) in [6.07, 6.45) is 6.87. The van der Waals surface area contributed by atoms with Gasteiger partial charge in [-0.2, -0.15) is 0 Å². The Morgan fingerprint density at radius 2 is 1.78 bits per heavy atom. The standard InChI is InChI=1S/C29H39FN4O2/c1-5-31-8-10-32(11-9-31)25-13-24-21(12-23(25)30)26(35)22(16-33(24)19-6-7-19)27(36)34-18-29(4)15-20(34)14-28(2,3)17-29/h12-13,16,19-20H,5-11,14-15,17-18H2,1-4H3/t20-,29-/m0/s1. The molecule has 1 aromatic heterocycles. The number of carbonyl (C=O) groups excluding carboxylic acids is 1. The van der Waals surface area contributed by atoms with E-state index in [1.807, 2.05) is 11.0 Å². The molecule has 6 rings (SSSR count). The normalized spacial score (nSPS) is 28.2. The zero-order chi connectivity index (χ0) is 25.4. The molecule has 2 atom stereocenters. The Balaban J connectivity index is 1.39. The fourth-order valence-corrected chi connectivity index (χ4v) is 7.57. The van der Waals surface area contributed by atoms with Gasteiger partial charge in [-0.05, 0) is 61.6 Å². The van der Waals surface area contributed by atoms with E-state index in [4.69, 9.17) is 0 Å². The first kappa shape index (κ1) is 24.0. The highest BCUT2D eigenvalue weighted by Gasteiger charge is 2.51. The van der Waals surface area contributed by atoms with E-state index < -0.39 is 0 Å². The number of likely N-dealkylation sites (N-methyl/N-ethyl adjacent to an activating group) is 1. The molecule has 4 fully saturated rings. The number of amides is 1. The van der Waals surface area contributed by atoms with Crippen molar-refractivity contribution in [1.82, 2.24) is 14.4 Å². The van der Waals surface area contributed by atoms with Crippen molar-refractivity contribution >= 4 is 22.5 Å². The summed E-state index contributed by atoms with van der Waals surface area (Å²) in [5.74, 6) is -0.550. The van der Waals surface area contributed by atoms with E-state index in [1.54, 1.807) is 6.20 Å². The highest BCUT2D eigenvalue weighted by atomic mass is 19.1. The fourth-order valence-electron chi connectivity index (χ4n) is 7.57. The molecule has 2 aromatic rings. The number of anilines is 1. The van der Waals surface area contributed by atoms with E-state index in [0.717, 1.165) is 70.3 Å². The molecule has 0 unspecified atom stereocenters. The van der Waals surface area contributed by atoms with Crippen LogP contribution in [0.3, 0.4) is 0 Å². The number of aromatic nitrogens is 1. The molecular formula is C29H39FN4O2. The Bertz CT molecular complexity index is 1270. The lowest BCUT2D eigenvalue weighted by molar-refractivity contribution is 0.0706. The Hall–Kier alpha value is -2.41. The number of hydrogen-bond acceptors (Lipinski definition) is 4. The van der Waals surface area contributed by atoms with Crippen LogP contribution in [0.25, 0.3) is 10.9 Å². The van der Waals surface area contributed by atoms with Gasteiger partial charge in [-0.25, -0.2) is 4.39 Å². The van der Waals surface area contributed by atoms with Gasteiger partial charge in [0, 0.05) is 56.4 Å². The second-order valence-corrected chi connectivity index (χ2v) is 12.9. The molecule has 7 heteroatoms. The molecule has 1 aromatic carbocycles. The molecule has 2 saturated heterocycles. The lowest BCUT2D eigenvalue weighted by atomic mass is 9.65. The van der Waals surface area contributed by atoms with E-state index in [2.05, 4.69) is 42.1 Å². The average Bonchev–Trinajstić information content (AvgIpc) is 3.63. The molecule has 194 valence electrons. The first-order valence-electron chi connectivity index (χ1n) is 13.7. The van der Waals surface area contributed by atoms with Crippen molar-refractivity contribution in [2.45, 2.75) is 71.9 Å². The zero-order valence-corrected chi connectivity index (χ0v) is 22.1. The van der Waals surface area contributed by atoms with Crippen LogP contribution in [0.4, 0.5) is 10.1 Å². The van der Waals surface area contributed by atoms with Gasteiger partial charge in [-0.3, -0.25) is 9.59 Å². The molecule has 2 aliphatic heterocycles. The minimum absolute atomic E-state index is 0.0945. The van der Waals surface area contributed by atoms with Gasteiger partial charge in [0.05, 0.1) is 11.2 Å². The van der Waals surface area contributed by atoms with Gasteiger partial charge in [0.25, 0.3) is 5.91 Å². The molecule has 4 aliphatic rings. The Kier molecular flexibility index (Phi) is 5.52. The van der Waals surface area contributed by atoms with E-state index in [0.29, 0.717) is 17.6 Å². The number of benzene rings is 1. The third-order valence-corrected chi connectivity index (χ3v) is 9.11. The maximum Gasteiger partial charge on any atom is 0.259 e. The SMILES string of the molecule is CCN1CCN(c2cc3c(cc2F)c(=O)c(C(=O)N2C[C@@]4(C)C[C@@H]2CC(C)(C)C4)cn3C2CC2)CC1. The first-order valence-corrected chi connectivity index (χ1v) is 13.7. The maximum absolute atomic E-state index is 15.5. The first-order chi connectivity index (χ1) is 17.1. The summed E-state index contributed by atoms with van der Waals surface area (Å²) in [7, 11) is 0. The highest BCUT2D eigenvalue weighted by Crippen LogP contribution is 2.52. The Morgan fingerprint density at radius 3 is 2.44 bits per heavy atom. The second kappa shape index (κ2) is 8.30. The number of halogens is 1. The topological polar surface area (TPSA) is 48.8 Å². The smallest absolute Gasteiger partial charge is 0.259 e. The minimum Gasteiger partial charge on any atom is -0.367 e. The summed E-state index contributed by atoms with van der Waals surface area (Å²) >= 11 is 0. The number of piperazine rings is 1. The molecule has 2 aliphatic carbocycles. The van der Waals surface area contributed by atoms with Gasteiger partial charge in [0.15, 0.2) is 0 Å². The Morgan fingerprint density at radius 1 is 1.06 bits per heavy atom. The number of carbonyl (C=O) groups is 1. The Labute approximate surface area is 213 Å². The number of likely N-dealkylation sites (tertiary alicyclic amines) is 1. The summed E-state index contributed by atoms with van der Waals surface area (Å²) in [6, 6.07) is 3.68. The lowest BCUT2D eigenvalue weighted by Gasteiger charge is -2.39. The van der Waals surface area contributed by atoms with E-state index in [1.165, 1.54) is 6.07 Å². The molecule has 0 radical (unpaired) electrons. The van der Waals surface area contributed by atoms with Crippen LogP contribution >= 0.6 is 0 Å². The fraction of sp³-hybridized carbons (Fsp3) is 0.655. The lowest BCUT2D eigenvalue weighted by Crippen LogP contribution is -2.46. The summed E-state index contributed by atoms with van der Waals surface area (Å²) in [4.78, 5) is 34.0. The third-order valence-electron chi connectivity index (χ3n) is 9.11. The van der Waals surface area contributed by atoms with Gasteiger partial charge >= 0.3 is 0 Å². The number of hydrogen-bond donors (Lipinski definition) is 0. The monoisotopic (exact) mass is 494 g/mol. The van der Waals surface area contributed by atoms with Crippen molar-refractivity contribution < 1.29 is 9.18 Å². The van der Waals surface area contributed by atoms with Gasteiger partial charge in [-0.15, -0.1) is 0 Å². The highest BCUT2D eigenvalue weighted by molar-refractivity contribution is 5.98. The van der Waals surface area contributed by atoms with Crippen molar-refractivity contribution in [3.63, 3.8) is 0 Å². The summed E-state index contributed by atoms with van der Waals surface area (Å²) in [5, 5.41) is 0.329. The summed E-state index contributed by atoms with van der Waals surface area (Å²) in [6.45, 7) is 14.0. The molecule has 6 nitrogen and oxygen atoms in total. The maximum atomic E-state index is 15.5. The van der Waals surface area contributed by atoms with Crippen LogP contribution in [-0.2, 0) is 0 Å². The minimum atomic E-state index is -0.372. The number of fused-ring (bicyclic) bond motifs is 3. The van der Waals surface area contributed by atoms with Gasteiger partial charge in [-0.1, -0.05) is 27.7 Å². The number of pyridine rings is 1. The van der Waals surface area contributed by atoms with E-state index in [9.17, 15) is 9.59 Å². The van der Waals surface area contributed by atoms with Crippen molar-refractivity contribution in [1.29, 1.82) is 0 Å². The van der Waals surface area contributed by atoms with Crippen LogP contribution in [0.1, 0.15) is 76.2 Å². The van der Waals surface area contributed by atoms with Gasteiger partial charge < -0.3 is 19.3 Å². The molecule has 0 spiro atoms. The van der Waals surface area contributed by atoms with Gasteiger partial charge in [0.1, 0.15) is 11.4 Å².